The SMILES string of the molecule is CC1c2c(NC3CCC(O)CC3)ncnc2SC1(C)C. The molecule has 1 aromatic heterocycles. The molecule has 0 radical (unpaired) electrons. The van der Waals surface area contributed by atoms with E-state index in [4.69, 9.17) is 0 Å². The zero-order valence-electron chi connectivity index (χ0n) is 12.4. The molecule has 3 rings (SSSR count). The predicted molar refractivity (Wildman–Crippen MR) is 82.3 cm³/mol. The van der Waals surface area contributed by atoms with Gasteiger partial charge in [0.15, 0.2) is 0 Å². The van der Waals surface area contributed by atoms with E-state index in [1.165, 1.54) is 5.56 Å². The molecule has 0 aromatic carbocycles. The van der Waals surface area contributed by atoms with Crippen LogP contribution in [-0.4, -0.2) is 32.0 Å². The van der Waals surface area contributed by atoms with Crippen molar-refractivity contribution in [1.29, 1.82) is 0 Å². The number of aliphatic hydroxyl groups excluding tert-OH is 1. The van der Waals surface area contributed by atoms with Gasteiger partial charge in [0.2, 0.25) is 0 Å². The maximum absolute atomic E-state index is 9.60. The number of hydrogen-bond acceptors (Lipinski definition) is 5. The molecular weight excluding hydrogens is 270 g/mol. The molecule has 1 unspecified atom stereocenters. The lowest BCUT2D eigenvalue weighted by molar-refractivity contribution is 0.126. The molecule has 20 heavy (non-hydrogen) atoms. The van der Waals surface area contributed by atoms with Crippen molar-refractivity contribution in [3.8, 4) is 0 Å². The average molecular weight is 293 g/mol. The predicted octanol–water partition coefficient (Wildman–Crippen LogP) is 3.18. The van der Waals surface area contributed by atoms with Gasteiger partial charge in [-0.05, 0) is 39.5 Å². The summed E-state index contributed by atoms with van der Waals surface area (Å²) in [6.07, 6.45) is 5.37. The molecule has 0 amide bonds. The van der Waals surface area contributed by atoms with E-state index in [9.17, 15) is 5.11 Å². The number of nitrogens with zero attached hydrogens (tertiary/aromatic N) is 2. The maximum Gasteiger partial charge on any atom is 0.134 e. The highest BCUT2D eigenvalue weighted by Gasteiger charge is 2.40. The normalized spacial score (nSPS) is 31.9. The van der Waals surface area contributed by atoms with Crippen molar-refractivity contribution in [2.24, 2.45) is 0 Å². The number of fused-ring (bicyclic) bond motifs is 1. The molecule has 1 fully saturated rings. The Morgan fingerprint density at radius 2 is 1.95 bits per heavy atom. The van der Waals surface area contributed by atoms with Crippen LogP contribution in [0.4, 0.5) is 5.82 Å². The van der Waals surface area contributed by atoms with Crippen molar-refractivity contribution in [2.75, 3.05) is 5.32 Å². The molecule has 1 aromatic rings. The van der Waals surface area contributed by atoms with Crippen LogP contribution in [0.3, 0.4) is 0 Å². The van der Waals surface area contributed by atoms with Gasteiger partial charge in [-0.3, -0.25) is 0 Å². The minimum atomic E-state index is -0.113. The summed E-state index contributed by atoms with van der Waals surface area (Å²) in [5.41, 5.74) is 1.27. The fourth-order valence-corrected chi connectivity index (χ4v) is 4.34. The lowest BCUT2D eigenvalue weighted by Gasteiger charge is -2.28. The smallest absolute Gasteiger partial charge is 0.134 e. The summed E-state index contributed by atoms with van der Waals surface area (Å²) in [7, 11) is 0. The van der Waals surface area contributed by atoms with Crippen molar-refractivity contribution >= 4 is 17.6 Å². The van der Waals surface area contributed by atoms with Crippen LogP contribution in [0, 0.1) is 0 Å². The minimum Gasteiger partial charge on any atom is -0.393 e. The molecule has 1 atom stereocenters. The molecule has 0 bridgehead atoms. The van der Waals surface area contributed by atoms with Gasteiger partial charge >= 0.3 is 0 Å². The molecule has 1 saturated carbocycles. The third-order valence-electron chi connectivity index (χ3n) is 4.72. The van der Waals surface area contributed by atoms with Crippen LogP contribution in [0.15, 0.2) is 11.4 Å². The van der Waals surface area contributed by atoms with Crippen LogP contribution < -0.4 is 5.32 Å². The van der Waals surface area contributed by atoms with Gasteiger partial charge in [-0.25, -0.2) is 9.97 Å². The van der Waals surface area contributed by atoms with Gasteiger partial charge in [-0.2, -0.15) is 0 Å². The Morgan fingerprint density at radius 1 is 1.25 bits per heavy atom. The molecular formula is C15H23N3OS. The Hall–Kier alpha value is -0.810. The Kier molecular flexibility index (Phi) is 3.67. The van der Waals surface area contributed by atoms with Gasteiger partial charge in [0, 0.05) is 22.3 Å². The lowest BCUT2D eigenvalue weighted by atomic mass is 9.90. The van der Waals surface area contributed by atoms with Crippen LogP contribution in [0.1, 0.15) is 57.9 Å². The van der Waals surface area contributed by atoms with Gasteiger partial charge in [-0.1, -0.05) is 18.7 Å². The standard InChI is InChI=1S/C15H23N3OS/c1-9-12-13(18-10-4-6-11(19)7-5-10)16-8-17-14(12)20-15(9,2)3/h8-11,19H,4-7H2,1-3H3,(H,16,17,18). The number of aliphatic hydroxyl groups is 1. The average Bonchev–Trinajstić information content (AvgIpc) is 2.64. The second kappa shape index (κ2) is 5.19. The monoisotopic (exact) mass is 293 g/mol. The zero-order valence-corrected chi connectivity index (χ0v) is 13.2. The van der Waals surface area contributed by atoms with Crippen molar-refractivity contribution in [1.82, 2.24) is 9.97 Å². The zero-order chi connectivity index (χ0) is 14.3. The first-order valence-corrected chi connectivity index (χ1v) is 8.27. The van der Waals surface area contributed by atoms with Gasteiger partial charge in [-0.15, -0.1) is 0 Å². The molecule has 2 N–H and O–H groups in total. The van der Waals surface area contributed by atoms with Crippen LogP contribution in [-0.2, 0) is 0 Å². The summed E-state index contributed by atoms with van der Waals surface area (Å²) in [5.74, 6) is 1.45. The van der Waals surface area contributed by atoms with E-state index in [1.54, 1.807) is 6.33 Å². The van der Waals surface area contributed by atoms with Crippen molar-refractivity contribution < 1.29 is 5.11 Å². The number of hydrogen-bond donors (Lipinski definition) is 2. The van der Waals surface area contributed by atoms with Crippen molar-refractivity contribution in [2.45, 2.75) is 74.3 Å². The highest BCUT2D eigenvalue weighted by Crippen LogP contribution is 2.53. The third-order valence-corrected chi connectivity index (χ3v) is 6.12. The van der Waals surface area contributed by atoms with E-state index in [0.29, 0.717) is 12.0 Å². The first kappa shape index (κ1) is 14.1. The number of nitrogens with one attached hydrogen (secondary N) is 1. The van der Waals surface area contributed by atoms with E-state index in [1.807, 2.05) is 11.8 Å². The fourth-order valence-electron chi connectivity index (χ4n) is 3.06. The summed E-state index contributed by atoms with van der Waals surface area (Å²) in [6, 6.07) is 0.429. The first-order chi connectivity index (χ1) is 9.47. The largest absolute Gasteiger partial charge is 0.393 e. The fraction of sp³-hybridized carbons (Fsp3) is 0.733. The lowest BCUT2D eigenvalue weighted by Crippen LogP contribution is -2.29. The molecule has 0 saturated heterocycles. The van der Waals surface area contributed by atoms with E-state index in [2.05, 4.69) is 36.1 Å². The van der Waals surface area contributed by atoms with Crippen LogP contribution in [0.25, 0.3) is 0 Å². The highest BCUT2D eigenvalue weighted by atomic mass is 32.2. The highest BCUT2D eigenvalue weighted by molar-refractivity contribution is 8.01. The van der Waals surface area contributed by atoms with E-state index in [0.717, 1.165) is 36.5 Å². The summed E-state index contributed by atoms with van der Waals surface area (Å²) < 4.78 is 0.178. The maximum atomic E-state index is 9.60. The van der Waals surface area contributed by atoms with E-state index < -0.39 is 0 Å². The Bertz CT molecular complexity index is 498. The van der Waals surface area contributed by atoms with Gasteiger partial charge in [0.25, 0.3) is 0 Å². The molecule has 2 heterocycles. The molecule has 0 spiro atoms. The number of thioether (sulfide) groups is 1. The second-order valence-corrected chi connectivity index (χ2v) is 8.16. The second-order valence-electron chi connectivity index (χ2n) is 6.52. The number of aromatic nitrogens is 2. The molecule has 5 heteroatoms. The molecule has 4 nitrogen and oxygen atoms in total. The van der Waals surface area contributed by atoms with Crippen LogP contribution in [0.5, 0.6) is 0 Å². The molecule has 110 valence electrons. The topological polar surface area (TPSA) is 58.0 Å². The number of anilines is 1. The van der Waals surface area contributed by atoms with Gasteiger partial charge < -0.3 is 10.4 Å². The Morgan fingerprint density at radius 3 is 2.65 bits per heavy atom. The molecule has 2 aliphatic rings. The van der Waals surface area contributed by atoms with Crippen molar-refractivity contribution in [3.05, 3.63) is 11.9 Å². The third kappa shape index (κ3) is 2.53. The van der Waals surface area contributed by atoms with E-state index in [-0.39, 0.29) is 10.9 Å². The summed E-state index contributed by atoms with van der Waals surface area (Å²) in [4.78, 5) is 8.92. The summed E-state index contributed by atoms with van der Waals surface area (Å²) in [6.45, 7) is 6.80. The number of rotatable bonds is 2. The van der Waals surface area contributed by atoms with Crippen LogP contribution in [0.2, 0.25) is 0 Å². The van der Waals surface area contributed by atoms with E-state index >= 15 is 0 Å². The van der Waals surface area contributed by atoms with Crippen molar-refractivity contribution in [3.63, 3.8) is 0 Å². The Balaban J connectivity index is 1.81. The van der Waals surface area contributed by atoms with Gasteiger partial charge in [0.1, 0.15) is 17.2 Å². The molecule has 1 aliphatic carbocycles. The van der Waals surface area contributed by atoms with Crippen LogP contribution >= 0.6 is 11.8 Å². The molecule has 1 aliphatic heterocycles. The Labute approximate surface area is 124 Å². The quantitative estimate of drug-likeness (QED) is 0.820. The summed E-state index contributed by atoms with van der Waals surface area (Å²) in [5, 5.41) is 14.3. The first-order valence-electron chi connectivity index (χ1n) is 7.46. The summed E-state index contributed by atoms with van der Waals surface area (Å²) >= 11 is 1.85. The minimum absolute atomic E-state index is 0.113. The van der Waals surface area contributed by atoms with Gasteiger partial charge in [0.05, 0.1) is 6.10 Å².